The van der Waals surface area contributed by atoms with E-state index in [2.05, 4.69) is 32.3 Å². The van der Waals surface area contributed by atoms with Gasteiger partial charge in [-0.2, -0.15) is 0 Å². The molecule has 0 aliphatic carbocycles. The summed E-state index contributed by atoms with van der Waals surface area (Å²) < 4.78 is 6.33. The summed E-state index contributed by atoms with van der Waals surface area (Å²) in [5, 5.41) is 0. The van der Waals surface area contributed by atoms with Crippen molar-refractivity contribution in [1.29, 1.82) is 0 Å². The Kier molecular flexibility index (Phi) is 12.4. The van der Waals surface area contributed by atoms with Crippen molar-refractivity contribution in [3.05, 3.63) is 12.7 Å². The van der Waals surface area contributed by atoms with Crippen LogP contribution in [0.3, 0.4) is 0 Å². The van der Waals surface area contributed by atoms with Gasteiger partial charge in [0.15, 0.2) is 0 Å². The Labute approximate surface area is 161 Å². The fraction of sp³-hybridized carbons (Fsp3) is 0.864. The van der Waals surface area contributed by atoms with Crippen molar-refractivity contribution < 1.29 is 4.79 Å². The molecule has 3 heteroatoms. The van der Waals surface area contributed by atoms with Crippen LogP contribution in [0.4, 0.5) is 0 Å². The topological polar surface area (TPSA) is 20.3 Å². The summed E-state index contributed by atoms with van der Waals surface area (Å²) in [4.78, 5) is 13.8. The van der Waals surface area contributed by atoms with Crippen LogP contribution < -0.4 is 0 Å². The number of aldehydes is 1. The molecule has 1 fully saturated rings. The van der Waals surface area contributed by atoms with Gasteiger partial charge in [0.1, 0.15) is 0 Å². The number of likely N-dealkylation sites (tertiary alicyclic amines) is 1. The number of hydrogen-bond donors (Lipinski definition) is 0. The summed E-state index contributed by atoms with van der Waals surface area (Å²) in [5.41, 5.74) is 0. The molecule has 146 valence electrons. The van der Waals surface area contributed by atoms with E-state index < -0.39 is 18.4 Å². The van der Waals surface area contributed by atoms with Crippen LogP contribution in [0, 0.1) is 11.8 Å². The zero-order chi connectivity index (χ0) is 18.5. The number of nitrogens with zero attached hydrogens (tertiary/aromatic N) is 1. The van der Waals surface area contributed by atoms with Gasteiger partial charge in [0.2, 0.25) is 0 Å². The van der Waals surface area contributed by atoms with Gasteiger partial charge >= 0.3 is 162 Å². The number of unbranched alkanes of at least 4 members (excludes halogenated alkanes) is 3. The third kappa shape index (κ3) is 8.15. The van der Waals surface area contributed by atoms with E-state index in [0.29, 0.717) is 5.92 Å². The summed E-state index contributed by atoms with van der Waals surface area (Å²) in [6.45, 7) is 14.3. The average Bonchev–Trinajstić information content (AvgIpc) is 2.98. The van der Waals surface area contributed by atoms with Gasteiger partial charge in [0.25, 0.3) is 0 Å². The number of carbonyl (C=O) groups is 1. The average molecular weight is 456 g/mol. The number of rotatable bonds is 15. The molecule has 1 rings (SSSR count). The first kappa shape index (κ1) is 23.2. The van der Waals surface area contributed by atoms with Crippen LogP contribution in [0.15, 0.2) is 12.7 Å². The Hall–Kier alpha value is 0.169. The molecule has 2 atom stereocenters. The minimum absolute atomic E-state index is 0.610. The van der Waals surface area contributed by atoms with Gasteiger partial charge in [-0.25, -0.2) is 0 Å². The zero-order valence-electron chi connectivity index (χ0n) is 17.3. The van der Waals surface area contributed by atoms with Crippen LogP contribution in [0.2, 0.25) is 17.7 Å². The molecule has 0 aromatic rings. The second-order valence-electron chi connectivity index (χ2n) is 8.44. The number of hydrogen-bond acceptors (Lipinski definition) is 2. The molecular formula is C22H43NOSn. The van der Waals surface area contributed by atoms with Gasteiger partial charge in [0.05, 0.1) is 0 Å². The first-order chi connectivity index (χ1) is 12.1. The molecule has 0 amide bonds. The molecule has 0 saturated carbocycles. The molecule has 1 heterocycles. The van der Waals surface area contributed by atoms with Crippen LogP contribution in [-0.4, -0.2) is 49.2 Å². The zero-order valence-corrected chi connectivity index (χ0v) is 20.1. The van der Waals surface area contributed by atoms with E-state index in [4.69, 9.17) is 0 Å². The Morgan fingerprint density at radius 3 is 1.92 bits per heavy atom. The van der Waals surface area contributed by atoms with Crippen molar-refractivity contribution in [2.24, 2.45) is 11.8 Å². The standard InChI is InChI=1S/C10H16NO.3C4H9.Sn/c1-3-5-11-7-9(2)10(8-11)4-6-12;3*1-3-4-2;/h3,6,9-10H,1-2,4-5,7-8H2;3*1,3-4H2,2H3;/t9-,10-;;;;/m1..../s1. The molecule has 0 spiro atoms. The van der Waals surface area contributed by atoms with E-state index in [9.17, 15) is 4.79 Å². The van der Waals surface area contributed by atoms with Crippen LogP contribution in [0.25, 0.3) is 0 Å². The summed E-state index contributed by atoms with van der Waals surface area (Å²) >= 11 is -2.10. The Balaban J connectivity index is 2.89. The second kappa shape index (κ2) is 13.4. The van der Waals surface area contributed by atoms with Gasteiger partial charge in [0, 0.05) is 0 Å². The van der Waals surface area contributed by atoms with Gasteiger partial charge in [-0.05, 0) is 0 Å². The summed E-state index contributed by atoms with van der Waals surface area (Å²) in [6, 6.07) is 0. The molecule has 0 radical (unpaired) electrons. The van der Waals surface area contributed by atoms with Crippen LogP contribution in [0.5, 0.6) is 0 Å². The quantitative estimate of drug-likeness (QED) is 0.167. The fourth-order valence-corrected chi connectivity index (χ4v) is 22.7. The fourth-order valence-electron chi connectivity index (χ4n) is 4.88. The molecule has 2 nitrogen and oxygen atoms in total. The van der Waals surface area contributed by atoms with E-state index in [1.807, 2.05) is 6.08 Å². The summed E-state index contributed by atoms with van der Waals surface area (Å²) in [7, 11) is 0. The maximum absolute atomic E-state index is 11.2. The van der Waals surface area contributed by atoms with Gasteiger partial charge in [-0.15, -0.1) is 0 Å². The van der Waals surface area contributed by atoms with Crippen LogP contribution in [-0.2, 0) is 4.79 Å². The van der Waals surface area contributed by atoms with E-state index in [-0.39, 0.29) is 0 Å². The molecule has 0 unspecified atom stereocenters. The molecule has 1 aliphatic heterocycles. The molecule has 0 aromatic heterocycles. The first-order valence-corrected chi connectivity index (χ1v) is 19.0. The van der Waals surface area contributed by atoms with E-state index in [0.717, 1.165) is 25.4 Å². The normalized spacial score (nSPS) is 21.6. The molecule has 1 aliphatic rings. The SMILES string of the molecule is C=CCN1C[C@@H](CC=O)[C@H]([CH2][Sn]([CH2]CCC)([CH2]CCC)[CH2]CCC)C1. The third-order valence-electron chi connectivity index (χ3n) is 6.32. The van der Waals surface area contributed by atoms with E-state index >= 15 is 0 Å². The van der Waals surface area contributed by atoms with Crippen LogP contribution in [0.1, 0.15) is 65.7 Å². The molecule has 0 N–H and O–H groups in total. The molecule has 0 bridgehead atoms. The molecule has 1 saturated heterocycles. The van der Waals surface area contributed by atoms with Gasteiger partial charge in [-0.1, -0.05) is 0 Å². The Morgan fingerprint density at radius 1 is 0.960 bits per heavy atom. The predicted octanol–water partition coefficient (Wildman–Crippen LogP) is 6.16. The summed E-state index contributed by atoms with van der Waals surface area (Å²) in [5.74, 6) is 1.39. The van der Waals surface area contributed by atoms with Gasteiger partial charge < -0.3 is 0 Å². The van der Waals surface area contributed by atoms with E-state index in [1.54, 1.807) is 17.7 Å². The van der Waals surface area contributed by atoms with Crippen molar-refractivity contribution in [1.82, 2.24) is 4.90 Å². The first-order valence-electron chi connectivity index (χ1n) is 10.9. The van der Waals surface area contributed by atoms with Gasteiger partial charge in [-0.3, -0.25) is 0 Å². The monoisotopic (exact) mass is 457 g/mol. The van der Waals surface area contributed by atoms with Crippen LogP contribution >= 0.6 is 0 Å². The minimum atomic E-state index is -2.10. The second-order valence-corrected chi connectivity index (χ2v) is 22.5. The number of carbonyl (C=O) groups excluding carboxylic acids is 1. The maximum atomic E-state index is 11.2. The van der Waals surface area contributed by atoms with E-state index in [1.165, 1.54) is 51.4 Å². The van der Waals surface area contributed by atoms with Crippen molar-refractivity contribution in [2.75, 3.05) is 19.6 Å². The molecule has 25 heavy (non-hydrogen) atoms. The van der Waals surface area contributed by atoms with Crippen molar-refractivity contribution >= 4 is 24.7 Å². The molecule has 0 aromatic carbocycles. The third-order valence-corrected chi connectivity index (χ3v) is 22.4. The van der Waals surface area contributed by atoms with Crippen molar-refractivity contribution in [3.8, 4) is 0 Å². The summed E-state index contributed by atoms with van der Waals surface area (Å²) in [6.07, 6.45) is 12.4. The Bertz CT molecular complexity index is 349. The molecular weight excluding hydrogens is 413 g/mol. The van der Waals surface area contributed by atoms with Crippen molar-refractivity contribution in [2.45, 2.75) is 83.5 Å². The van der Waals surface area contributed by atoms with Crippen molar-refractivity contribution in [3.63, 3.8) is 0 Å². The Morgan fingerprint density at radius 2 is 1.48 bits per heavy atom. The predicted molar refractivity (Wildman–Crippen MR) is 114 cm³/mol.